The number of likely N-dealkylation sites (tertiary alicyclic amines) is 1. The van der Waals surface area contributed by atoms with Gasteiger partial charge in [-0.05, 0) is 25.0 Å². The zero-order valence-electron chi connectivity index (χ0n) is 15.5. The fraction of sp³-hybridized carbons (Fsp3) is 0.824. The van der Waals surface area contributed by atoms with E-state index in [1.165, 1.54) is 0 Å². The van der Waals surface area contributed by atoms with Crippen LogP contribution in [0.15, 0.2) is 0 Å². The zero-order valence-corrected chi connectivity index (χ0v) is 16.3. The van der Waals surface area contributed by atoms with Gasteiger partial charge in [0.15, 0.2) is 6.10 Å². The molecule has 2 rings (SSSR count). The number of ether oxygens (including phenoxy) is 2. The Morgan fingerprint density at radius 1 is 1.38 bits per heavy atom. The van der Waals surface area contributed by atoms with Crippen LogP contribution >= 0.6 is 11.8 Å². The SMILES string of the molecule is CCN1CCC(C#N)(NC(=O)[C@H](CCSC)OC(=O)N2CCOCC2)C1. The van der Waals surface area contributed by atoms with Crippen LogP contribution in [0.25, 0.3) is 0 Å². The average molecular weight is 385 g/mol. The van der Waals surface area contributed by atoms with E-state index < -0.39 is 17.7 Å². The van der Waals surface area contributed by atoms with Crippen molar-refractivity contribution in [3.05, 3.63) is 0 Å². The molecule has 0 bridgehead atoms. The lowest BCUT2D eigenvalue weighted by atomic mass is 10.00. The maximum absolute atomic E-state index is 12.8. The molecule has 2 heterocycles. The third-order valence-electron chi connectivity index (χ3n) is 4.76. The molecule has 1 unspecified atom stereocenters. The Kier molecular flexibility index (Phi) is 8.00. The lowest BCUT2D eigenvalue weighted by Crippen LogP contribution is -2.54. The van der Waals surface area contributed by atoms with E-state index in [2.05, 4.69) is 16.3 Å². The second-order valence-electron chi connectivity index (χ2n) is 6.56. The highest BCUT2D eigenvalue weighted by Gasteiger charge is 2.41. The van der Waals surface area contributed by atoms with Gasteiger partial charge in [0.1, 0.15) is 5.54 Å². The third-order valence-corrected chi connectivity index (χ3v) is 5.40. The summed E-state index contributed by atoms with van der Waals surface area (Å²) in [5.74, 6) is 0.301. The number of hydrogen-bond acceptors (Lipinski definition) is 7. The molecule has 26 heavy (non-hydrogen) atoms. The number of hydrogen-bond donors (Lipinski definition) is 1. The van der Waals surface area contributed by atoms with E-state index in [0.29, 0.717) is 51.4 Å². The first-order chi connectivity index (χ1) is 12.5. The maximum Gasteiger partial charge on any atom is 0.410 e. The molecular formula is C17H28N4O4S. The molecule has 2 fully saturated rings. The molecule has 146 valence electrons. The number of likely N-dealkylation sites (N-methyl/N-ethyl adjacent to an activating group) is 1. The predicted molar refractivity (Wildman–Crippen MR) is 98.9 cm³/mol. The fourth-order valence-electron chi connectivity index (χ4n) is 3.11. The van der Waals surface area contributed by atoms with Gasteiger partial charge >= 0.3 is 6.09 Å². The highest BCUT2D eigenvalue weighted by Crippen LogP contribution is 2.21. The minimum absolute atomic E-state index is 0.389. The molecule has 0 radical (unpaired) electrons. The molecule has 2 aliphatic rings. The van der Waals surface area contributed by atoms with E-state index in [1.54, 1.807) is 16.7 Å². The van der Waals surface area contributed by atoms with E-state index in [1.807, 2.05) is 13.2 Å². The van der Waals surface area contributed by atoms with Gasteiger partial charge in [0.25, 0.3) is 5.91 Å². The second kappa shape index (κ2) is 10.00. The Morgan fingerprint density at radius 2 is 2.12 bits per heavy atom. The number of nitrogens with zero attached hydrogens (tertiary/aromatic N) is 3. The van der Waals surface area contributed by atoms with Gasteiger partial charge in [-0.25, -0.2) is 4.79 Å². The van der Waals surface area contributed by atoms with E-state index in [-0.39, 0.29) is 5.91 Å². The van der Waals surface area contributed by atoms with Crippen LogP contribution < -0.4 is 5.32 Å². The van der Waals surface area contributed by atoms with E-state index in [4.69, 9.17) is 9.47 Å². The molecule has 0 aromatic rings. The van der Waals surface area contributed by atoms with Crippen LogP contribution in [0, 0.1) is 11.3 Å². The summed E-state index contributed by atoms with van der Waals surface area (Å²) in [7, 11) is 0. The number of rotatable bonds is 7. The molecule has 2 saturated heterocycles. The third kappa shape index (κ3) is 5.50. The monoisotopic (exact) mass is 384 g/mol. The molecule has 0 aliphatic carbocycles. The minimum atomic E-state index is -0.907. The Hall–Kier alpha value is -1.50. The Balaban J connectivity index is 1.99. The van der Waals surface area contributed by atoms with Crippen LogP contribution in [-0.2, 0) is 14.3 Å². The summed E-state index contributed by atoms with van der Waals surface area (Å²) in [5, 5.41) is 12.4. The van der Waals surface area contributed by atoms with Crippen LogP contribution in [0.1, 0.15) is 19.8 Å². The summed E-state index contributed by atoms with van der Waals surface area (Å²) < 4.78 is 10.7. The van der Waals surface area contributed by atoms with E-state index in [0.717, 1.165) is 13.1 Å². The van der Waals surface area contributed by atoms with Crippen molar-refractivity contribution in [2.24, 2.45) is 0 Å². The topological polar surface area (TPSA) is 94.9 Å². The van der Waals surface area contributed by atoms with Gasteiger partial charge in [-0.1, -0.05) is 6.92 Å². The smallest absolute Gasteiger partial charge is 0.410 e. The highest BCUT2D eigenvalue weighted by molar-refractivity contribution is 7.98. The summed E-state index contributed by atoms with van der Waals surface area (Å²) >= 11 is 1.58. The van der Waals surface area contributed by atoms with Crippen molar-refractivity contribution in [3.63, 3.8) is 0 Å². The van der Waals surface area contributed by atoms with Gasteiger partial charge < -0.3 is 24.6 Å². The zero-order chi connectivity index (χ0) is 19.0. The molecule has 0 saturated carbocycles. The first kappa shape index (κ1) is 20.8. The standard InChI is InChI=1S/C17H28N4O4S/c1-3-20-6-5-17(12-18,13-20)19-15(22)14(4-11-26-2)25-16(23)21-7-9-24-10-8-21/h14H,3-11,13H2,1-2H3,(H,19,22)/t14-,17?/m0/s1. The summed E-state index contributed by atoms with van der Waals surface area (Å²) in [5.41, 5.74) is -0.907. The number of morpholine rings is 1. The summed E-state index contributed by atoms with van der Waals surface area (Å²) in [4.78, 5) is 28.8. The van der Waals surface area contributed by atoms with Crippen molar-refractivity contribution in [2.45, 2.75) is 31.4 Å². The molecule has 0 aromatic heterocycles. The Bertz CT molecular complexity index is 535. The molecule has 2 aliphatic heterocycles. The van der Waals surface area contributed by atoms with Crippen LogP contribution in [0.4, 0.5) is 4.79 Å². The molecule has 9 heteroatoms. The van der Waals surface area contributed by atoms with Gasteiger partial charge in [-0.15, -0.1) is 0 Å². The molecule has 1 N–H and O–H groups in total. The Labute approximate surface area is 159 Å². The van der Waals surface area contributed by atoms with Crippen molar-refractivity contribution in [3.8, 4) is 6.07 Å². The summed E-state index contributed by atoms with van der Waals surface area (Å²) in [6.07, 6.45) is 1.55. The number of thioether (sulfide) groups is 1. The van der Waals surface area contributed by atoms with Crippen molar-refractivity contribution in [1.29, 1.82) is 5.26 Å². The average Bonchev–Trinajstić information content (AvgIpc) is 3.09. The quantitative estimate of drug-likeness (QED) is 0.690. The van der Waals surface area contributed by atoms with Gasteiger partial charge in [-0.2, -0.15) is 17.0 Å². The van der Waals surface area contributed by atoms with Gasteiger partial charge in [0, 0.05) is 32.6 Å². The summed E-state index contributed by atoms with van der Waals surface area (Å²) in [6, 6.07) is 2.25. The molecule has 8 nitrogen and oxygen atoms in total. The van der Waals surface area contributed by atoms with Gasteiger partial charge in [0.05, 0.1) is 19.3 Å². The van der Waals surface area contributed by atoms with Gasteiger partial charge in [-0.3, -0.25) is 4.79 Å². The first-order valence-corrected chi connectivity index (χ1v) is 10.4. The maximum atomic E-state index is 12.8. The van der Waals surface area contributed by atoms with Crippen molar-refractivity contribution < 1.29 is 19.1 Å². The molecule has 0 spiro atoms. The van der Waals surface area contributed by atoms with Crippen LogP contribution in [-0.4, -0.2) is 91.4 Å². The highest BCUT2D eigenvalue weighted by atomic mass is 32.2. The van der Waals surface area contributed by atoms with Gasteiger partial charge in [0.2, 0.25) is 0 Å². The van der Waals surface area contributed by atoms with Crippen molar-refractivity contribution in [1.82, 2.24) is 15.1 Å². The van der Waals surface area contributed by atoms with Crippen LogP contribution in [0.3, 0.4) is 0 Å². The van der Waals surface area contributed by atoms with Crippen LogP contribution in [0.2, 0.25) is 0 Å². The lowest BCUT2D eigenvalue weighted by molar-refractivity contribution is -0.131. The first-order valence-electron chi connectivity index (χ1n) is 9.01. The van der Waals surface area contributed by atoms with E-state index >= 15 is 0 Å². The number of carbonyl (C=O) groups is 2. The molecular weight excluding hydrogens is 356 g/mol. The fourth-order valence-corrected chi connectivity index (χ4v) is 3.56. The molecule has 2 amide bonds. The predicted octanol–water partition coefficient (Wildman–Crippen LogP) is 0.681. The second-order valence-corrected chi connectivity index (χ2v) is 7.54. The van der Waals surface area contributed by atoms with E-state index in [9.17, 15) is 14.9 Å². The van der Waals surface area contributed by atoms with Crippen molar-refractivity contribution in [2.75, 3.05) is 57.9 Å². The normalized spacial score (nSPS) is 24.7. The number of nitrogens with one attached hydrogen (secondary N) is 1. The molecule has 2 atom stereocenters. The minimum Gasteiger partial charge on any atom is -0.436 e. The number of amides is 2. The summed E-state index contributed by atoms with van der Waals surface area (Å²) in [6.45, 7) is 6.00. The number of nitriles is 1. The molecule has 0 aromatic carbocycles. The van der Waals surface area contributed by atoms with Crippen molar-refractivity contribution >= 4 is 23.8 Å². The largest absolute Gasteiger partial charge is 0.436 e. The van der Waals surface area contributed by atoms with Crippen LogP contribution in [0.5, 0.6) is 0 Å². The lowest BCUT2D eigenvalue weighted by Gasteiger charge is -2.29. The Morgan fingerprint density at radius 3 is 2.69 bits per heavy atom. The number of carbonyl (C=O) groups excluding carboxylic acids is 2.